The molecule has 4 aromatic rings. The fourth-order valence-electron chi connectivity index (χ4n) is 2.76. The van der Waals surface area contributed by atoms with Gasteiger partial charge in [0.05, 0.1) is 0 Å². The number of halogens is 2. The summed E-state index contributed by atoms with van der Waals surface area (Å²) < 4.78 is 29.1. The zero-order chi connectivity index (χ0) is 20.2. The van der Waals surface area contributed by atoms with Crippen molar-refractivity contribution in [1.82, 2.24) is 19.7 Å². The molecular formula is C21H15F2N5O. The van der Waals surface area contributed by atoms with Gasteiger partial charge in [0.15, 0.2) is 0 Å². The molecule has 8 heteroatoms. The monoisotopic (exact) mass is 391 g/mol. The van der Waals surface area contributed by atoms with Crippen LogP contribution in [0.2, 0.25) is 0 Å². The number of hydrogen-bond acceptors (Lipinski definition) is 5. The molecule has 0 bridgehead atoms. The quantitative estimate of drug-likeness (QED) is 0.558. The number of rotatable bonds is 5. The molecule has 2 aromatic carbocycles. The first-order valence-electron chi connectivity index (χ1n) is 8.78. The van der Waals surface area contributed by atoms with Gasteiger partial charge < -0.3 is 5.32 Å². The Labute approximate surface area is 164 Å². The summed E-state index contributed by atoms with van der Waals surface area (Å²) in [6.45, 7) is 0.341. The molecule has 0 unspecified atom stereocenters. The fourth-order valence-corrected chi connectivity index (χ4v) is 2.76. The molecule has 0 radical (unpaired) electrons. The van der Waals surface area contributed by atoms with Crippen LogP contribution >= 0.6 is 0 Å². The molecule has 2 heterocycles. The predicted molar refractivity (Wildman–Crippen MR) is 103 cm³/mol. The van der Waals surface area contributed by atoms with E-state index in [0.29, 0.717) is 12.2 Å². The van der Waals surface area contributed by atoms with Crippen LogP contribution in [0.15, 0.2) is 72.9 Å². The summed E-state index contributed by atoms with van der Waals surface area (Å²) in [5.41, 5.74) is 0.662. The average Bonchev–Trinajstić information content (AvgIpc) is 3.18. The number of nitrogens with zero attached hydrogens (tertiary/aromatic N) is 4. The predicted octanol–water partition coefficient (Wildman–Crippen LogP) is 3.92. The molecule has 0 saturated heterocycles. The molecule has 0 fully saturated rings. The summed E-state index contributed by atoms with van der Waals surface area (Å²) >= 11 is 0. The van der Waals surface area contributed by atoms with Crippen molar-refractivity contribution < 1.29 is 13.6 Å². The average molecular weight is 391 g/mol. The number of nitrogens with one attached hydrogen (secondary N) is 1. The molecular weight excluding hydrogens is 376 g/mol. The van der Waals surface area contributed by atoms with Crippen molar-refractivity contribution in [2.45, 2.75) is 6.54 Å². The van der Waals surface area contributed by atoms with Crippen LogP contribution in [0.5, 0.6) is 0 Å². The second-order valence-corrected chi connectivity index (χ2v) is 6.13. The van der Waals surface area contributed by atoms with Crippen LogP contribution in [0.3, 0.4) is 0 Å². The molecule has 0 amide bonds. The number of carbonyl (C=O) groups is 1. The lowest BCUT2D eigenvalue weighted by Gasteiger charge is -2.08. The van der Waals surface area contributed by atoms with E-state index in [1.807, 2.05) is 30.3 Å². The molecule has 0 atom stereocenters. The van der Waals surface area contributed by atoms with Crippen molar-refractivity contribution in [2.24, 2.45) is 0 Å². The smallest absolute Gasteiger partial charge is 0.287 e. The lowest BCUT2D eigenvalue weighted by Crippen LogP contribution is -2.20. The van der Waals surface area contributed by atoms with E-state index in [0.717, 1.165) is 22.4 Å². The fraction of sp³-hybridized carbons (Fsp3) is 0.0476. The van der Waals surface area contributed by atoms with Crippen LogP contribution in [-0.2, 0) is 6.54 Å². The Morgan fingerprint density at radius 2 is 1.66 bits per heavy atom. The van der Waals surface area contributed by atoms with Crippen molar-refractivity contribution >= 4 is 11.9 Å². The van der Waals surface area contributed by atoms with Crippen LogP contribution < -0.4 is 5.32 Å². The largest absolute Gasteiger partial charge is 0.350 e. The molecule has 0 aliphatic heterocycles. The molecule has 29 heavy (non-hydrogen) atoms. The molecule has 0 spiro atoms. The summed E-state index contributed by atoms with van der Waals surface area (Å²) in [7, 11) is 0. The lowest BCUT2D eigenvalue weighted by atomic mass is 10.2. The first-order chi connectivity index (χ1) is 14.1. The van der Waals surface area contributed by atoms with Gasteiger partial charge in [-0.2, -0.15) is 9.67 Å². The van der Waals surface area contributed by atoms with Crippen LogP contribution in [0.4, 0.5) is 14.7 Å². The highest BCUT2D eigenvalue weighted by Crippen LogP contribution is 2.20. The summed E-state index contributed by atoms with van der Waals surface area (Å²) in [4.78, 5) is 21.4. The van der Waals surface area contributed by atoms with E-state index < -0.39 is 23.1 Å². The van der Waals surface area contributed by atoms with Crippen molar-refractivity contribution in [1.29, 1.82) is 0 Å². The van der Waals surface area contributed by atoms with Gasteiger partial charge in [0, 0.05) is 12.7 Å². The van der Waals surface area contributed by atoms with Gasteiger partial charge in [0.25, 0.3) is 5.91 Å². The maximum Gasteiger partial charge on any atom is 0.287 e. The Kier molecular flexibility index (Phi) is 5.07. The van der Waals surface area contributed by atoms with Gasteiger partial charge in [-0.15, -0.1) is 5.10 Å². The molecule has 0 aliphatic rings. The Balaban J connectivity index is 1.74. The zero-order valence-corrected chi connectivity index (χ0v) is 15.1. The highest BCUT2D eigenvalue weighted by Gasteiger charge is 2.24. The van der Waals surface area contributed by atoms with Gasteiger partial charge in [-0.05, 0) is 29.8 Å². The topological polar surface area (TPSA) is 72.7 Å². The van der Waals surface area contributed by atoms with Crippen LogP contribution in [0, 0.1) is 11.6 Å². The van der Waals surface area contributed by atoms with E-state index in [1.165, 1.54) is 6.07 Å². The molecule has 2 aromatic heterocycles. The van der Waals surface area contributed by atoms with Crippen molar-refractivity contribution in [3.8, 4) is 11.5 Å². The van der Waals surface area contributed by atoms with Gasteiger partial charge in [-0.1, -0.05) is 42.5 Å². The van der Waals surface area contributed by atoms with E-state index in [2.05, 4.69) is 20.4 Å². The van der Waals surface area contributed by atoms with Crippen LogP contribution in [0.25, 0.3) is 11.5 Å². The van der Waals surface area contributed by atoms with E-state index >= 15 is 0 Å². The second-order valence-electron chi connectivity index (χ2n) is 6.13. The first-order valence-corrected chi connectivity index (χ1v) is 8.78. The van der Waals surface area contributed by atoms with Crippen molar-refractivity contribution in [3.05, 3.63) is 95.7 Å². The van der Waals surface area contributed by atoms with Gasteiger partial charge >= 0.3 is 0 Å². The van der Waals surface area contributed by atoms with Crippen molar-refractivity contribution in [2.75, 3.05) is 5.32 Å². The van der Waals surface area contributed by atoms with E-state index in [1.54, 1.807) is 24.4 Å². The van der Waals surface area contributed by atoms with Crippen LogP contribution in [-0.4, -0.2) is 25.7 Å². The summed E-state index contributed by atoms with van der Waals surface area (Å²) in [5, 5.41) is 7.15. The number of benzene rings is 2. The Morgan fingerprint density at radius 3 is 2.34 bits per heavy atom. The number of anilines is 1. The highest BCUT2D eigenvalue weighted by molar-refractivity contribution is 5.97. The third kappa shape index (κ3) is 3.86. The standard InChI is InChI=1S/C21H15F2N5O/c22-15-9-6-10-16(23)18(15)20(29)28-21(25-13-14-7-2-1-3-8-14)26-19(27-28)17-11-4-5-12-24-17/h1-12H,13H2,(H,25,26,27). The summed E-state index contributed by atoms with van der Waals surface area (Å²) in [5.74, 6) is -2.70. The molecule has 0 aliphatic carbocycles. The Hall–Kier alpha value is -3.94. The lowest BCUT2D eigenvalue weighted by molar-refractivity contribution is 0.0939. The summed E-state index contributed by atoms with van der Waals surface area (Å²) in [6, 6.07) is 17.8. The van der Waals surface area contributed by atoms with E-state index in [-0.39, 0.29) is 11.8 Å². The van der Waals surface area contributed by atoms with Crippen molar-refractivity contribution in [3.63, 3.8) is 0 Å². The highest BCUT2D eigenvalue weighted by atomic mass is 19.1. The SMILES string of the molecule is O=C(c1c(F)cccc1F)n1nc(-c2ccccn2)nc1NCc1ccccc1. The Bertz CT molecular complexity index is 1130. The maximum atomic E-state index is 14.1. The minimum atomic E-state index is -0.973. The molecule has 0 saturated carbocycles. The van der Waals surface area contributed by atoms with Gasteiger partial charge in [-0.25, -0.2) is 8.78 Å². The second kappa shape index (κ2) is 7.97. The normalized spacial score (nSPS) is 10.7. The number of aromatic nitrogens is 4. The minimum Gasteiger partial charge on any atom is -0.350 e. The Morgan fingerprint density at radius 1 is 0.931 bits per heavy atom. The maximum absolute atomic E-state index is 14.1. The van der Waals surface area contributed by atoms with E-state index in [4.69, 9.17) is 0 Å². The third-order valence-corrected chi connectivity index (χ3v) is 4.16. The number of carbonyl (C=O) groups excluding carboxylic acids is 1. The van der Waals surface area contributed by atoms with Gasteiger partial charge in [-0.3, -0.25) is 9.78 Å². The minimum absolute atomic E-state index is 0.0576. The van der Waals surface area contributed by atoms with Gasteiger partial charge in [0.2, 0.25) is 11.8 Å². The molecule has 4 rings (SSSR count). The molecule has 6 nitrogen and oxygen atoms in total. The third-order valence-electron chi connectivity index (χ3n) is 4.16. The summed E-state index contributed by atoms with van der Waals surface area (Å²) in [6.07, 6.45) is 1.56. The molecule has 144 valence electrons. The van der Waals surface area contributed by atoms with Crippen LogP contribution in [0.1, 0.15) is 15.9 Å². The zero-order valence-electron chi connectivity index (χ0n) is 15.1. The number of hydrogen-bond donors (Lipinski definition) is 1. The van der Waals surface area contributed by atoms with Gasteiger partial charge in [0.1, 0.15) is 22.9 Å². The van der Waals surface area contributed by atoms with E-state index in [9.17, 15) is 13.6 Å². The first kappa shape index (κ1) is 18.4. The molecule has 1 N–H and O–H groups in total. The number of pyridine rings is 1.